The Bertz CT molecular complexity index is 1650. The molecule has 2 heterocycles. The van der Waals surface area contributed by atoms with Crippen LogP contribution < -0.4 is 5.32 Å². The van der Waals surface area contributed by atoms with Crippen molar-refractivity contribution in [2.45, 2.75) is 4.90 Å². The summed E-state index contributed by atoms with van der Waals surface area (Å²) in [6, 6.07) is 21.8. The van der Waals surface area contributed by atoms with Gasteiger partial charge in [-0.2, -0.15) is 0 Å². The Balaban J connectivity index is 1.68. The molecule has 0 bridgehead atoms. The molecule has 0 fully saturated rings. The number of amides is 1. The minimum atomic E-state index is -4.15. The Kier molecular flexibility index (Phi) is 5.55. The monoisotopic (exact) mass is 490 g/mol. The van der Waals surface area contributed by atoms with E-state index in [9.17, 15) is 17.6 Å². The average Bonchev–Trinajstić information content (AvgIpc) is 3.49. The molecule has 5 rings (SSSR count). The maximum absolute atomic E-state index is 14.6. The van der Waals surface area contributed by atoms with Crippen LogP contribution in [0.3, 0.4) is 0 Å². The minimum absolute atomic E-state index is 0.0388. The van der Waals surface area contributed by atoms with Gasteiger partial charge < -0.3 is 5.32 Å². The van der Waals surface area contributed by atoms with E-state index in [1.807, 2.05) is 35.7 Å². The number of nitrogens with one attached hydrogen (secondary N) is 1. The van der Waals surface area contributed by atoms with Crippen LogP contribution in [0.25, 0.3) is 32.5 Å². The van der Waals surface area contributed by atoms with E-state index in [1.165, 1.54) is 43.6 Å². The Labute approximate surface area is 200 Å². The third-order valence-corrected chi connectivity index (χ3v) is 8.24. The number of hydrogen-bond acceptors (Lipinski definition) is 4. The first-order valence-corrected chi connectivity index (χ1v) is 12.7. The summed E-state index contributed by atoms with van der Waals surface area (Å²) in [5.41, 5.74) is 1.96. The molecule has 2 aromatic heterocycles. The maximum Gasteiger partial charge on any atom is 0.268 e. The molecular formula is C26H19FN2O3S2. The fourth-order valence-corrected chi connectivity index (χ4v) is 6.30. The first-order chi connectivity index (χ1) is 16.4. The van der Waals surface area contributed by atoms with E-state index in [-0.39, 0.29) is 21.7 Å². The molecule has 0 atom stereocenters. The summed E-state index contributed by atoms with van der Waals surface area (Å²) < 4.78 is 44.2. The number of nitrogens with zero attached hydrogens (tertiary/aromatic N) is 1. The second-order valence-electron chi connectivity index (χ2n) is 7.65. The van der Waals surface area contributed by atoms with Gasteiger partial charge in [0, 0.05) is 34.5 Å². The molecule has 0 aliphatic heterocycles. The van der Waals surface area contributed by atoms with Gasteiger partial charge in [0.25, 0.3) is 15.9 Å². The van der Waals surface area contributed by atoms with Crippen LogP contribution in [0, 0.1) is 5.82 Å². The predicted octanol–water partition coefficient (Wildman–Crippen LogP) is 5.77. The van der Waals surface area contributed by atoms with Crippen LogP contribution in [0.5, 0.6) is 0 Å². The lowest BCUT2D eigenvalue weighted by atomic mass is 10.1. The fourth-order valence-electron chi connectivity index (χ4n) is 3.92. The lowest BCUT2D eigenvalue weighted by Crippen LogP contribution is -2.17. The van der Waals surface area contributed by atoms with Crippen molar-refractivity contribution in [3.05, 3.63) is 102 Å². The van der Waals surface area contributed by atoms with Crippen molar-refractivity contribution in [2.24, 2.45) is 0 Å². The molecule has 0 saturated carbocycles. The van der Waals surface area contributed by atoms with Gasteiger partial charge in [-0.25, -0.2) is 16.8 Å². The predicted molar refractivity (Wildman–Crippen MR) is 133 cm³/mol. The summed E-state index contributed by atoms with van der Waals surface area (Å²) in [7, 11) is -2.70. The molecule has 1 N–H and O–H groups in total. The molecular weight excluding hydrogens is 471 g/mol. The molecule has 5 nitrogen and oxygen atoms in total. The molecule has 1 amide bonds. The van der Waals surface area contributed by atoms with E-state index >= 15 is 0 Å². The molecule has 0 spiro atoms. The Morgan fingerprint density at radius 1 is 0.941 bits per heavy atom. The van der Waals surface area contributed by atoms with Gasteiger partial charge in [0.05, 0.1) is 16.2 Å². The van der Waals surface area contributed by atoms with Crippen molar-refractivity contribution in [1.82, 2.24) is 9.29 Å². The standard InChI is InChI=1S/C26H19FN2O3S2/c1-28-26(30)18-14-24(21-10-2-4-11-23(21)27)29(15-18)34(31,32)19-8-6-7-17(13-19)22-16-33-25-12-5-3-9-20(22)25/h2-16H,1H3,(H,28,30). The molecule has 0 aliphatic carbocycles. The van der Waals surface area contributed by atoms with Gasteiger partial charge in [-0.15, -0.1) is 11.3 Å². The number of thiophene rings is 1. The second-order valence-corrected chi connectivity index (χ2v) is 10.4. The molecule has 0 unspecified atom stereocenters. The van der Waals surface area contributed by atoms with E-state index in [4.69, 9.17) is 0 Å². The van der Waals surface area contributed by atoms with E-state index < -0.39 is 21.7 Å². The second kappa shape index (κ2) is 8.55. The summed E-state index contributed by atoms with van der Waals surface area (Å²) >= 11 is 1.59. The molecule has 0 radical (unpaired) electrons. The normalized spacial score (nSPS) is 11.6. The highest BCUT2D eigenvalue weighted by Gasteiger charge is 2.25. The number of carbonyl (C=O) groups excluding carboxylic acids is 1. The van der Waals surface area contributed by atoms with Crippen LogP contribution in [-0.4, -0.2) is 25.3 Å². The summed E-state index contributed by atoms with van der Waals surface area (Å²) in [4.78, 5) is 12.3. The number of carbonyl (C=O) groups is 1. The highest BCUT2D eigenvalue weighted by molar-refractivity contribution is 7.90. The van der Waals surface area contributed by atoms with E-state index in [0.717, 1.165) is 25.2 Å². The maximum atomic E-state index is 14.6. The lowest BCUT2D eigenvalue weighted by Gasteiger charge is -2.12. The molecule has 170 valence electrons. The smallest absolute Gasteiger partial charge is 0.268 e. The topological polar surface area (TPSA) is 68.2 Å². The van der Waals surface area contributed by atoms with Crippen LogP contribution in [0.2, 0.25) is 0 Å². The van der Waals surface area contributed by atoms with Crippen LogP contribution in [0.15, 0.2) is 95.3 Å². The van der Waals surface area contributed by atoms with Crippen molar-refractivity contribution >= 4 is 37.4 Å². The van der Waals surface area contributed by atoms with Crippen molar-refractivity contribution in [3.8, 4) is 22.4 Å². The average molecular weight is 491 g/mol. The minimum Gasteiger partial charge on any atom is -0.355 e. The fraction of sp³-hybridized carbons (Fsp3) is 0.0385. The molecule has 3 aromatic carbocycles. The Morgan fingerprint density at radius 3 is 2.50 bits per heavy atom. The summed E-state index contributed by atoms with van der Waals surface area (Å²) in [5, 5.41) is 5.52. The quantitative estimate of drug-likeness (QED) is 0.340. The molecule has 0 saturated heterocycles. The molecule has 8 heteroatoms. The van der Waals surface area contributed by atoms with Gasteiger partial charge in [0.2, 0.25) is 0 Å². The van der Waals surface area contributed by atoms with Gasteiger partial charge >= 0.3 is 0 Å². The van der Waals surface area contributed by atoms with E-state index in [1.54, 1.807) is 29.5 Å². The third-order valence-electron chi connectivity index (χ3n) is 5.61. The van der Waals surface area contributed by atoms with Crippen molar-refractivity contribution < 1.29 is 17.6 Å². The zero-order valence-electron chi connectivity index (χ0n) is 18.0. The largest absolute Gasteiger partial charge is 0.355 e. The van der Waals surface area contributed by atoms with Crippen molar-refractivity contribution in [1.29, 1.82) is 0 Å². The summed E-state index contributed by atoms with van der Waals surface area (Å²) in [6.45, 7) is 0. The zero-order valence-corrected chi connectivity index (χ0v) is 19.7. The van der Waals surface area contributed by atoms with Crippen LogP contribution >= 0.6 is 11.3 Å². The number of fused-ring (bicyclic) bond motifs is 1. The number of rotatable bonds is 5. The lowest BCUT2D eigenvalue weighted by molar-refractivity contribution is 0.0963. The first-order valence-electron chi connectivity index (χ1n) is 10.4. The Hall–Kier alpha value is -3.75. The van der Waals surface area contributed by atoms with Crippen LogP contribution in [0.1, 0.15) is 10.4 Å². The Morgan fingerprint density at radius 2 is 1.71 bits per heavy atom. The number of aromatic nitrogens is 1. The summed E-state index contributed by atoms with van der Waals surface area (Å²) in [6.07, 6.45) is 1.22. The highest BCUT2D eigenvalue weighted by atomic mass is 32.2. The highest BCUT2D eigenvalue weighted by Crippen LogP contribution is 2.35. The van der Waals surface area contributed by atoms with Gasteiger partial charge in [-0.05, 0) is 47.3 Å². The van der Waals surface area contributed by atoms with E-state index in [0.29, 0.717) is 0 Å². The van der Waals surface area contributed by atoms with E-state index in [2.05, 4.69) is 5.32 Å². The van der Waals surface area contributed by atoms with Crippen molar-refractivity contribution in [3.63, 3.8) is 0 Å². The van der Waals surface area contributed by atoms with Crippen molar-refractivity contribution in [2.75, 3.05) is 7.05 Å². The van der Waals surface area contributed by atoms with Gasteiger partial charge in [-0.3, -0.25) is 4.79 Å². The van der Waals surface area contributed by atoms with Gasteiger partial charge in [0.15, 0.2) is 0 Å². The molecule has 34 heavy (non-hydrogen) atoms. The van der Waals surface area contributed by atoms with Crippen LogP contribution in [-0.2, 0) is 10.0 Å². The molecule has 0 aliphatic rings. The molecule has 5 aromatic rings. The van der Waals surface area contributed by atoms with Crippen LogP contribution in [0.4, 0.5) is 4.39 Å². The zero-order chi connectivity index (χ0) is 23.9. The SMILES string of the molecule is CNC(=O)c1cc(-c2ccccc2F)n(S(=O)(=O)c2cccc(-c3csc4ccccc34)c2)c1. The van der Waals surface area contributed by atoms with Gasteiger partial charge in [-0.1, -0.05) is 42.5 Å². The number of hydrogen-bond donors (Lipinski definition) is 1. The first kappa shape index (κ1) is 22.1. The third kappa shape index (κ3) is 3.70. The summed E-state index contributed by atoms with van der Waals surface area (Å²) in [5.74, 6) is -1.05. The number of benzene rings is 3. The number of halogens is 1. The van der Waals surface area contributed by atoms with Gasteiger partial charge in [0.1, 0.15) is 5.82 Å².